The van der Waals surface area contributed by atoms with E-state index in [9.17, 15) is 9.90 Å². The molecular formula is C16H23NO3. The van der Waals surface area contributed by atoms with E-state index in [4.69, 9.17) is 4.74 Å². The molecule has 0 amide bonds. The number of nitrogens with one attached hydrogen (secondary N) is 1. The van der Waals surface area contributed by atoms with Gasteiger partial charge in [0, 0.05) is 13.0 Å². The number of carboxylic acids is 1. The molecule has 0 radical (unpaired) electrons. The molecule has 0 aromatic heterocycles. The van der Waals surface area contributed by atoms with E-state index in [-0.39, 0.29) is 0 Å². The second-order valence-electron chi connectivity index (χ2n) is 5.28. The van der Waals surface area contributed by atoms with Gasteiger partial charge in [0.05, 0.1) is 6.10 Å². The third-order valence-electron chi connectivity index (χ3n) is 3.99. The zero-order chi connectivity index (χ0) is 14.4. The molecule has 0 aliphatic heterocycles. The standard InChI is InChI=1S/C16H23NO3/c1-2-17-16(15(18)19,13-7-4-3-5-8-13)11-12-20-14-9-6-10-14/h3-5,7-8,14,17H,2,6,9-12H2,1H3,(H,18,19). The lowest BCUT2D eigenvalue weighted by Gasteiger charge is -2.32. The maximum atomic E-state index is 11.9. The molecule has 1 aliphatic rings. The molecule has 4 heteroatoms. The normalized spacial score (nSPS) is 18.2. The van der Waals surface area contributed by atoms with Crippen LogP contribution in [0.15, 0.2) is 30.3 Å². The van der Waals surface area contributed by atoms with Crippen molar-refractivity contribution in [1.29, 1.82) is 0 Å². The number of benzene rings is 1. The monoisotopic (exact) mass is 277 g/mol. The van der Waals surface area contributed by atoms with Crippen molar-refractivity contribution in [3.63, 3.8) is 0 Å². The number of rotatable bonds is 8. The summed E-state index contributed by atoms with van der Waals surface area (Å²) < 4.78 is 5.75. The lowest BCUT2D eigenvalue weighted by Crippen LogP contribution is -2.50. The van der Waals surface area contributed by atoms with Gasteiger partial charge in [-0.15, -0.1) is 0 Å². The van der Waals surface area contributed by atoms with Crippen LogP contribution < -0.4 is 5.32 Å². The van der Waals surface area contributed by atoms with Gasteiger partial charge in [-0.1, -0.05) is 37.3 Å². The maximum absolute atomic E-state index is 11.9. The van der Waals surface area contributed by atoms with Crippen LogP contribution in [-0.2, 0) is 15.1 Å². The Bertz CT molecular complexity index is 431. The number of hydrogen-bond acceptors (Lipinski definition) is 3. The van der Waals surface area contributed by atoms with Gasteiger partial charge in [0.1, 0.15) is 5.54 Å². The average Bonchev–Trinajstić information content (AvgIpc) is 2.41. The predicted octanol–water partition coefficient (Wildman–Crippen LogP) is 2.54. The van der Waals surface area contributed by atoms with Crippen LogP contribution in [0.3, 0.4) is 0 Å². The van der Waals surface area contributed by atoms with Crippen molar-refractivity contribution in [2.75, 3.05) is 13.2 Å². The molecule has 2 N–H and O–H groups in total. The number of aliphatic carboxylic acids is 1. The Kier molecular flexibility index (Phi) is 5.15. The Morgan fingerprint density at radius 2 is 2.10 bits per heavy atom. The minimum atomic E-state index is -1.06. The van der Waals surface area contributed by atoms with Gasteiger partial charge in [-0.3, -0.25) is 5.32 Å². The number of likely N-dealkylation sites (N-methyl/N-ethyl adjacent to an activating group) is 1. The quantitative estimate of drug-likeness (QED) is 0.766. The topological polar surface area (TPSA) is 58.6 Å². The zero-order valence-electron chi connectivity index (χ0n) is 12.0. The molecule has 1 aliphatic carbocycles. The summed E-state index contributed by atoms with van der Waals surface area (Å²) in [6.07, 6.45) is 4.20. The van der Waals surface area contributed by atoms with Crippen molar-refractivity contribution in [3.8, 4) is 0 Å². The summed E-state index contributed by atoms with van der Waals surface area (Å²) in [6, 6.07) is 9.36. The summed E-state index contributed by atoms with van der Waals surface area (Å²) >= 11 is 0. The van der Waals surface area contributed by atoms with Crippen LogP contribution in [0.4, 0.5) is 0 Å². The summed E-state index contributed by atoms with van der Waals surface area (Å²) in [6.45, 7) is 3.00. The van der Waals surface area contributed by atoms with Crippen molar-refractivity contribution < 1.29 is 14.6 Å². The van der Waals surface area contributed by atoms with Crippen molar-refractivity contribution in [2.24, 2.45) is 0 Å². The maximum Gasteiger partial charge on any atom is 0.328 e. The molecule has 1 unspecified atom stereocenters. The van der Waals surface area contributed by atoms with E-state index < -0.39 is 11.5 Å². The van der Waals surface area contributed by atoms with Gasteiger partial charge < -0.3 is 9.84 Å². The summed E-state index contributed by atoms with van der Waals surface area (Å²) in [7, 11) is 0. The number of carbonyl (C=O) groups is 1. The van der Waals surface area contributed by atoms with E-state index in [1.165, 1.54) is 6.42 Å². The van der Waals surface area contributed by atoms with E-state index in [1.54, 1.807) is 0 Å². The van der Waals surface area contributed by atoms with E-state index in [2.05, 4.69) is 5.32 Å². The molecule has 110 valence electrons. The van der Waals surface area contributed by atoms with Gasteiger partial charge in [-0.2, -0.15) is 0 Å². The summed E-state index contributed by atoms with van der Waals surface area (Å²) in [5.74, 6) is -0.845. The van der Waals surface area contributed by atoms with Crippen LogP contribution in [0.2, 0.25) is 0 Å². The van der Waals surface area contributed by atoms with Crippen LogP contribution >= 0.6 is 0 Å². The Balaban J connectivity index is 2.11. The Morgan fingerprint density at radius 3 is 2.60 bits per heavy atom. The van der Waals surface area contributed by atoms with Gasteiger partial charge in [-0.25, -0.2) is 4.79 Å². The Morgan fingerprint density at radius 1 is 1.40 bits per heavy atom. The molecule has 2 rings (SSSR count). The smallest absolute Gasteiger partial charge is 0.328 e. The van der Waals surface area contributed by atoms with E-state index in [0.29, 0.717) is 25.7 Å². The first-order valence-corrected chi connectivity index (χ1v) is 7.34. The molecule has 1 atom stereocenters. The number of carboxylic acid groups (broad SMARTS) is 1. The lowest BCUT2D eigenvalue weighted by molar-refractivity contribution is -0.147. The number of hydrogen-bond donors (Lipinski definition) is 2. The summed E-state index contributed by atoms with van der Waals surface area (Å²) in [5.41, 5.74) is -0.272. The summed E-state index contributed by atoms with van der Waals surface area (Å²) in [4.78, 5) is 11.9. The second kappa shape index (κ2) is 6.86. The van der Waals surface area contributed by atoms with Gasteiger partial charge >= 0.3 is 5.97 Å². The first kappa shape index (κ1) is 15.0. The van der Waals surface area contributed by atoms with Crippen molar-refractivity contribution in [1.82, 2.24) is 5.32 Å². The van der Waals surface area contributed by atoms with Crippen molar-refractivity contribution in [3.05, 3.63) is 35.9 Å². The fourth-order valence-electron chi connectivity index (χ4n) is 2.58. The van der Waals surface area contributed by atoms with Gasteiger partial charge in [0.25, 0.3) is 0 Å². The molecule has 0 spiro atoms. The van der Waals surface area contributed by atoms with Crippen LogP contribution in [0, 0.1) is 0 Å². The molecule has 1 aromatic carbocycles. The van der Waals surface area contributed by atoms with E-state index >= 15 is 0 Å². The first-order valence-electron chi connectivity index (χ1n) is 7.34. The van der Waals surface area contributed by atoms with Gasteiger partial charge in [0.2, 0.25) is 0 Å². The largest absolute Gasteiger partial charge is 0.480 e. The molecule has 1 fully saturated rings. The first-order chi connectivity index (χ1) is 9.69. The minimum Gasteiger partial charge on any atom is -0.480 e. The van der Waals surface area contributed by atoms with Crippen LogP contribution in [0.1, 0.15) is 38.2 Å². The third-order valence-corrected chi connectivity index (χ3v) is 3.99. The fraction of sp³-hybridized carbons (Fsp3) is 0.562. The van der Waals surface area contributed by atoms with E-state index in [0.717, 1.165) is 18.4 Å². The SMILES string of the molecule is CCNC(CCOC1CCC1)(C(=O)O)c1ccccc1. The molecule has 0 bridgehead atoms. The van der Waals surface area contributed by atoms with Gasteiger partial charge in [0.15, 0.2) is 0 Å². The Labute approximate surface area is 120 Å². The number of ether oxygens (including phenoxy) is 1. The van der Waals surface area contributed by atoms with Crippen LogP contribution in [0.5, 0.6) is 0 Å². The second-order valence-corrected chi connectivity index (χ2v) is 5.28. The zero-order valence-corrected chi connectivity index (χ0v) is 12.0. The Hall–Kier alpha value is -1.39. The molecule has 0 heterocycles. The predicted molar refractivity (Wildman–Crippen MR) is 77.6 cm³/mol. The molecule has 4 nitrogen and oxygen atoms in total. The van der Waals surface area contributed by atoms with E-state index in [1.807, 2.05) is 37.3 Å². The van der Waals surface area contributed by atoms with Crippen molar-refractivity contribution >= 4 is 5.97 Å². The third kappa shape index (κ3) is 3.19. The summed E-state index contributed by atoms with van der Waals surface area (Å²) in [5, 5.41) is 12.9. The highest BCUT2D eigenvalue weighted by atomic mass is 16.5. The fourth-order valence-corrected chi connectivity index (χ4v) is 2.58. The van der Waals surface area contributed by atoms with Gasteiger partial charge in [-0.05, 0) is 31.4 Å². The highest BCUT2D eigenvalue weighted by Crippen LogP contribution is 2.28. The average molecular weight is 277 g/mol. The van der Waals surface area contributed by atoms with Crippen LogP contribution in [0.25, 0.3) is 0 Å². The van der Waals surface area contributed by atoms with Crippen LogP contribution in [-0.4, -0.2) is 30.3 Å². The molecular weight excluding hydrogens is 254 g/mol. The molecule has 1 aromatic rings. The molecule has 1 saturated carbocycles. The highest BCUT2D eigenvalue weighted by Gasteiger charge is 2.39. The van der Waals surface area contributed by atoms with Crippen molar-refractivity contribution in [2.45, 2.75) is 44.2 Å². The minimum absolute atomic E-state index is 0.332. The molecule has 20 heavy (non-hydrogen) atoms. The molecule has 0 saturated heterocycles. The lowest BCUT2D eigenvalue weighted by atomic mass is 9.86. The highest BCUT2D eigenvalue weighted by molar-refractivity contribution is 5.80.